The zero-order valence-electron chi connectivity index (χ0n) is 18.8. The van der Waals surface area contributed by atoms with Crippen LogP contribution >= 0.6 is 0 Å². The van der Waals surface area contributed by atoms with Gasteiger partial charge in [-0.05, 0) is 48.2 Å². The number of rotatable bonds is 8. The van der Waals surface area contributed by atoms with Crippen LogP contribution in [0.3, 0.4) is 0 Å². The Labute approximate surface area is 189 Å². The first kappa shape index (κ1) is 22.6. The van der Waals surface area contributed by atoms with Crippen LogP contribution in [0.1, 0.15) is 29.7 Å². The first-order chi connectivity index (χ1) is 15.7. The summed E-state index contributed by atoms with van der Waals surface area (Å²) in [5.41, 5.74) is 3.54. The van der Waals surface area contributed by atoms with Gasteiger partial charge in [-0.2, -0.15) is 0 Å². The van der Waals surface area contributed by atoms with Crippen molar-refractivity contribution in [2.24, 2.45) is 4.99 Å². The fourth-order valence-electron chi connectivity index (χ4n) is 4.27. The second-order valence-corrected chi connectivity index (χ2v) is 8.16. The van der Waals surface area contributed by atoms with E-state index < -0.39 is 0 Å². The zero-order valence-corrected chi connectivity index (χ0v) is 18.8. The van der Waals surface area contributed by atoms with E-state index in [0.717, 1.165) is 62.9 Å². The Bertz CT molecular complexity index is 915. The van der Waals surface area contributed by atoms with E-state index in [1.54, 1.807) is 12.1 Å². The fraction of sp³-hybridized carbons (Fsp3) is 0.480. The lowest BCUT2D eigenvalue weighted by Crippen LogP contribution is -2.42. The lowest BCUT2D eigenvalue weighted by molar-refractivity contribution is 0.0179. The molecule has 0 spiro atoms. The summed E-state index contributed by atoms with van der Waals surface area (Å²) in [6.45, 7) is 7.99. The maximum Gasteiger partial charge on any atom is 0.191 e. The lowest BCUT2D eigenvalue weighted by Gasteiger charge is -2.34. The molecule has 1 unspecified atom stereocenters. The van der Waals surface area contributed by atoms with Gasteiger partial charge in [-0.25, -0.2) is 4.39 Å². The van der Waals surface area contributed by atoms with Crippen molar-refractivity contribution in [2.45, 2.75) is 25.8 Å². The van der Waals surface area contributed by atoms with E-state index in [9.17, 15) is 4.39 Å². The molecule has 6 nitrogen and oxygen atoms in total. The fourth-order valence-corrected chi connectivity index (χ4v) is 4.27. The standard InChI is InChI=1S/C25H33FN4O2/c1-2-27-25(28-10-8-19-6-7-24-21(16-19)9-13-32-24)29-18-23(30-11-14-31-15-12-30)20-4-3-5-22(26)17-20/h3-7,16-17,23H,2,8-15,18H2,1H3,(H2,27,28,29). The van der Waals surface area contributed by atoms with Gasteiger partial charge in [0.05, 0.1) is 32.4 Å². The molecule has 0 aromatic heterocycles. The average Bonchev–Trinajstić information content (AvgIpc) is 3.28. The Balaban J connectivity index is 1.40. The minimum Gasteiger partial charge on any atom is -0.493 e. The Kier molecular flexibility index (Phi) is 7.96. The van der Waals surface area contributed by atoms with Crippen molar-refractivity contribution in [3.63, 3.8) is 0 Å². The molecular weight excluding hydrogens is 407 g/mol. The molecule has 1 saturated heterocycles. The van der Waals surface area contributed by atoms with E-state index in [1.807, 2.05) is 6.07 Å². The molecule has 2 aromatic carbocycles. The topological polar surface area (TPSA) is 58.1 Å². The van der Waals surface area contributed by atoms with Gasteiger partial charge in [0.1, 0.15) is 11.6 Å². The minimum absolute atomic E-state index is 0.0155. The van der Waals surface area contributed by atoms with Crippen LogP contribution in [0.25, 0.3) is 0 Å². The maximum atomic E-state index is 13.9. The number of morpholine rings is 1. The molecule has 172 valence electrons. The molecule has 2 N–H and O–H groups in total. The summed E-state index contributed by atoms with van der Waals surface area (Å²) < 4.78 is 25.0. The van der Waals surface area contributed by atoms with Gasteiger partial charge in [0.15, 0.2) is 5.96 Å². The number of benzene rings is 2. The van der Waals surface area contributed by atoms with Crippen molar-refractivity contribution in [3.8, 4) is 5.75 Å². The predicted octanol–water partition coefficient (Wildman–Crippen LogP) is 2.93. The molecule has 0 aliphatic carbocycles. The van der Waals surface area contributed by atoms with E-state index >= 15 is 0 Å². The van der Waals surface area contributed by atoms with Crippen LogP contribution in [0.2, 0.25) is 0 Å². The highest BCUT2D eigenvalue weighted by atomic mass is 19.1. The van der Waals surface area contributed by atoms with Crippen LogP contribution in [-0.4, -0.2) is 63.4 Å². The molecule has 2 aliphatic rings. The third-order valence-corrected chi connectivity index (χ3v) is 5.95. The van der Waals surface area contributed by atoms with E-state index in [-0.39, 0.29) is 11.9 Å². The molecule has 0 bridgehead atoms. The van der Waals surface area contributed by atoms with Gasteiger partial charge in [-0.3, -0.25) is 9.89 Å². The quantitative estimate of drug-likeness (QED) is 0.488. The SMILES string of the molecule is CCNC(=NCC(c1cccc(F)c1)N1CCOCC1)NCCc1ccc2c(c1)CCO2. The first-order valence-corrected chi connectivity index (χ1v) is 11.6. The van der Waals surface area contributed by atoms with Crippen LogP contribution in [0, 0.1) is 5.82 Å². The van der Waals surface area contributed by atoms with Gasteiger partial charge in [0.25, 0.3) is 0 Å². The monoisotopic (exact) mass is 440 g/mol. The molecule has 1 fully saturated rings. The highest BCUT2D eigenvalue weighted by Crippen LogP contribution is 2.26. The molecule has 0 saturated carbocycles. The number of hydrogen-bond acceptors (Lipinski definition) is 4. The average molecular weight is 441 g/mol. The summed E-state index contributed by atoms with van der Waals surface area (Å²) in [4.78, 5) is 7.18. The number of hydrogen-bond donors (Lipinski definition) is 2. The molecule has 2 aliphatic heterocycles. The molecule has 1 atom stereocenters. The summed E-state index contributed by atoms with van der Waals surface area (Å²) in [7, 11) is 0. The molecule has 0 radical (unpaired) electrons. The van der Waals surface area contributed by atoms with Crippen molar-refractivity contribution in [3.05, 3.63) is 65.0 Å². The van der Waals surface area contributed by atoms with Crippen molar-refractivity contribution < 1.29 is 13.9 Å². The van der Waals surface area contributed by atoms with Crippen molar-refractivity contribution in [1.82, 2.24) is 15.5 Å². The molecule has 7 heteroatoms. The third kappa shape index (κ3) is 5.99. The predicted molar refractivity (Wildman–Crippen MR) is 125 cm³/mol. The Morgan fingerprint density at radius 2 is 2.00 bits per heavy atom. The molecule has 32 heavy (non-hydrogen) atoms. The van der Waals surface area contributed by atoms with E-state index in [1.165, 1.54) is 17.2 Å². The van der Waals surface area contributed by atoms with Crippen LogP contribution in [0.15, 0.2) is 47.5 Å². The summed E-state index contributed by atoms with van der Waals surface area (Å²) in [6.07, 6.45) is 1.90. The summed E-state index contributed by atoms with van der Waals surface area (Å²) in [5, 5.41) is 6.78. The van der Waals surface area contributed by atoms with E-state index in [2.05, 4.69) is 40.7 Å². The van der Waals surface area contributed by atoms with Gasteiger partial charge in [-0.1, -0.05) is 24.3 Å². The molecule has 2 aromatic rings. The summed E-state index contributed by atoms with van der Waals surface area (Å²) in [5.74, 6) is 1.59. The van der Waals surface area contributed by atoms with Gasteiger partial charge >= 0.3 is 0 Å². The Morgan fingerprint density at radius 3 is 2.81 bits per heavy atom. The molecule has 2 heterocycles. The number of nitrogens with one attached hydrogen (secondary N) is 2. The summed E-state index contributed by atoms with van der Waals surface area (Å²) >= 11 is 0. The van der Waals surface area contributed by atoms with Crippen molar-refractivity contribution in [2.75, 3.05) is 52.5 Å². The van der Waals surface area contributed by atoms with Crippen LogP contribution < -0.4 is 15.4 Å². The molecule has 0 amide bonds. The van der Waals surface area contributed by atoms with Gasteiger partial charge in [-0.15, -0.1) is 0 Å². The van der Waals surface area contributed by atoms with Crippen molar-refractivity contribution >= 4 is 5.96 Å². The van der Waals surface area contributed by atoms with Gasteiger partial charge in [0.2, 0.25) is 0 Å². The lowest BCUT2D eigenvalue weighted by atomic mass is 10.0. The Morgan fingerprint density at radius 1 is 1.12 bits per heavy atom. The summed E-state index contributed by atoms with van der Waals surface area (Å²) in [6, 6.07) is 13.3. The normalized spacial score (nSPS) is 17.5. The Hall–Kier alpha value is -2.64. The minimum atomic E-state index is -0.213. The van der Waals surface area contributed by atoms with E-state index in [0.29, 0.717) is 19.8 Å². The molecular formula is C25H33FN4O2. The highest BCUT2D eigenvalue weighted by molar-refractivity contribution is 5.79. The van der Waals surface area contributed by atoms with Gasteiger partial charge in [0, 0.05) is 32.6 Å². The number of guanidine groups is 1. The van der Waals surface area contributed by atoms with Crippen LogP contribution in [-0.2, 0) is 17.6 Å². The highest BCUT2D eigenvalue weighted by Gasteiger charge is 2.23. The van der Waals surface area contributed by atoms with Crippen LogP contribution in [0.4, 0.5) is 4.39 Å². The van der Waals surface area contributed by atoms with Crippen LogP contribution in [0.5, 0.6) is 5.75 Å². The molecule has 4 rings (SSSR count). The second kappa shape index (κ2) is 11.3. The van der Waals surface area contributed by atoms with Crippen molar-refractivity contribution in [1.29, 1.82) is 0 Å². The van der Waals surface area contributed by atoms with Gasteiger partial charge < -0.3 is 20.1 Å². The maximum absolute atomic E-state index is 13.9. The second-order valence-electron chi connectivity index (χ2n) is 8.16. The number of fused-ring (bicyclic) bond motifs is 1. The number of ether oxygens (including phenoxy) is 2. The third-order valence-electron chi connectivity index (χ3n) is 5.95. The zero-order chi connectivity index (χ0) is 22.2. The number of nitrogens with zero attached hydrogens (tertiary/aromatic N) is 2. The first-order valence-electron chi connectivity index (χ1n) is 11.6. The van der Waals surface area contributed by atoms with E-state index in [4.69, 9.17) is 14.5 Å². The largest absolute Gasteiger partial charge is 0.493 e. The number of aliphatic imine (C=N–C) groups is 1. The number of halogens is 1. The smallest absolute Gasteiger partial charge is 0.191 e.